The first kappa shape index (κ1) is 21.3. The van der Waals surface area contributed by atoms with Crippen LogP contribution >= 0.6 is 11.8 Å². The summed E-state index contributed by atoms with van der Waals surface area (Å²) in [6, 6.07) is 20.2. The van der Waals surface area contributed by atoms with E-state index >= 15 is 0 Å². The molecule has 5 aromatic rings. The van der Waals surface area contributed by atoms with E-state index in [2.05, 4.69) is 4.98 Å². The summed E-state index contributed by atoms with van der Waals surface area (Å²) in [6.07, 6.45) is -4.41. The highest BCUT2D eigenvalue weighted by Crippen LogP contribution is 2.32. The quantitative estimate of drug-likeness (QED) is 0.244. The maximum absolute atomic E-state index is 13.5. The zero-order valence-electron chi connectivity index (χ0n) is 17.5. The summed E-state index contributed by atoms with van der Waals surface area (Å²) in [5.41, 5.74) is 2.97. The number of H-pyrrole nitrogens is 1. The van der Waals surface area contributed by atoms with Crippen molar-refractivity contribution in [3.8, 4) is 5.69 Å². The van der Waals surface area contributed by atoms with E-state index in [0.717, 1.165) is 28.6 Å². The van der Waals surface area contributed by atoms with Gasteiger partial charge in [-0.25, -0.2) is 4.98 Å². The number of aromatic nitrogens is 3. The number of benzene rings is 3. The van der Waals surface area contributed by atoms with Gasteiger partial charge in [0.25, 0.3) is 5.56 Å². The molecule has 5 rings (SSSR count). The third kappa shape index (κ3) is 4.02. The summed E-state index contributed by atoms with van der Waals surface area (Å²) in [6.45, 7) is 1.95. The van der Waals surface area contributed by atoms with Crippen molar-refractivity contribution in [1.82, 2.24) is 14.5 Å². The summed E-state index contributed by atoms with van der Waals surface area (Å²) in [4.78, 5) is 21.5. The maximum atomic E-state index is 13.5. The average molecular weight is 466 g/mol. The molecule has 0 spiro atoms. The molecule has 0 bridgehead atoms. The minimum atomic E-state index is -4.41. The van der Waals surface area contributed by atoms with E-state index in [1.165, 1.54) is 22.4 Å². The van der Waals surface area contributed by atoms with Crippen LogP contribution in [0, 0.1) is 6.92 Å². The molecule has 0 atom stereocenters. The van der Waals surface area contributed by atoms with Gasteiger partial charge in [0.05, 0.1) is 11.3 Å². The number of rotatable bonds is 4. The molecule has 0 aliphatic heterocycles. The van der Waals surface area contributed by atoms with Gasteiger partial charge in [0.15, 0.2) is 5.16 Å². The SMILES string of the molecule is Cc1ccc(-n2c(SCc3cccc(C(F)(F)F)c3)nc3c([nH]c4ccccc43)c2=O)cc1. The summed E-state index contributed by atoms with van der Waals surface area (Å²) in [5.74, 6) is 0.232. The normalized spacial score (nSPS) is 12.0. The smallest absolute Gasteiger partial charge is 0.349 e. The first-order valence-corrected chi connectivity index (χ1v) is 11.2. The fourth-order valence-electron chi connectivity index (χ4n) is 3.75. The molecule has 8 heteroatoms. The highest BCUT2D eigenvalue weighted by atomic mass is 32.2. The van der Waals surface area contributed by atoms with Gasteiger partial charge >= 0.3 is 6.18 Å². The number of aryl methyl sites for hydroxylation is 1. The monoisotopic (exact) mass is 465 g/mol. The molecular formula is C25H18F3N3OS. The Bertz CT molecular complexity index is 1540. The number of alkyl halides is 3. The van der Waals surface area contributed by atoms with Crippen LogP contribution in [0.25, 0.3) is 27.6 Å². The fraction of sp³-hybridized carbons (Fsp3) is 0.120. The van der Waals surface area contributed by atoms with Gasteiger partial charge in [0.1, 0.15) is 11.0 Å². The van der Waals surface area contributed by atoms with Gasteiger partial charge in [-0.3, -0.25) is 9.36 Å². The van der Waals surface area contributed by atoms with Crippen LogP contribution in [0.1, 0.15) is 16.7 Å². The summed E-state index contributed by atoms with van der Waals surface area (Å²) in [5, 5.41) is 1.24. The number of nitrogens with zero attached hydrogens (tertiary/aromatic N) is 2. The van der Waals surface area contributed by atoms with Crippen LogP contribution in [-0.2, 0) is 11.9 Å². The Labute approximate surface area is 191 Å². The average Bonchev–Trinajstić information content (AvgIpc) is 3.17. The molecule has 4 nitrogen and oxygen atoms in total. The zero-order chi connectivity index (χ0) is 23.2. The molecule has 0 saturated heterocycles. The molecule has 0 saturated carbocycles. The third-order valence-corrected chi connectivity index (χ3v) is 6.42. The predicted molar refractivity (Wildman–Crippen MR) is 125 cm³/mol. The Morgan fingerprint density at radius 1 is 1.00 bits per heavy atom. The van der Waals surface area contributed by atoms with Crippen molar-refractivity contribution in [2.45, 2.75) is 24.0 Å². The summed E-state index contributed by atoms with van der Waals surface area (Å²) >= 11 is 1.23. The van der Waals surface area contributed by atoms with Gasteiger partial charge in [-0.1, -0.05) is 65.9 Å². The van der Waals surface area contributed by atoms with Crippen molar-refractivity contribution < 1.29 is 13.2 Å². The number of aromatic amines is 1. The van der Waals surface area contributed by atoms with Crippen LogP contribution in [0.5, 0.6) is 0 Å². The molecule has 0 aliphatic carbocycles. The lowest BCUT2D eigenvalue weighted by Gasteiger charge is -2.13. The Morgan fingerprint density at radius 2 is 1.76 bits per heavy atom. The largest absolute Gasteiger partial charge is 0.416 e. The number of hydrogen-bond donors (Lipinski definition) is 1. The van der Waals surface area contributed by atoms with Gasteiger partial charge in [0.2, 0.25) is 0 Å². The topological polar surface area (TPSA) is 50.7 Å². The van der Waals surface area contributed by atoms with Crippen LogP contribution in [0.15, 0.2) is 82.7 Å². The van der Waals surface area contributed by atoms with Crippen molar-refractivity contribution in [2.24, 2.45) is 0 Å². The molecule has 0 amide bonds. The molecule has 1 N–H and O–H groups in total. The van der Waals surface area contributed by atoms with Crippen LogP contribution < -0.4 is 5.56 Å². The van der Waals surface area contributed by atoms with Crippen LogP contribution in [-0.4, -0.2) is 14.5 Å². The Morgan fingerprint density at radius 3 is 2.52 bits per heavy atom. The fourth-order valence-corrected chi connectivity index (χ4v) is 4.69. The highest BCUT2D eigenvalue weighted by molar-refractivity contribution is 7.98. The maximum Gasteiger partial charge on any atom is 0.416 e. The molecule has 0 fully saturated rings. The molecule has 166 valence electrons. The van der Waals surface area contributed by atoms with Gasteiger partial charge in [-0.15, -0.1) is 0 Å². The van der Waals surface area contributed by atoms with E-state index in [1.807, 2.05) is 55.5 Å². The molecule has 2 aromatic heterocycles. The van der Waals surface area contributed by atoms with E-state index in [4.69, 9.17) is 4.98 Å². The summed E-state index contributed by atoms with van der Waals surface area (Å²) in [7, 11) is 0. The Kier molecular flexibility index (Phi) is 5.25. The first-order valence-electron chi connectivity index (χ1n) is 10.2. The molecule has 0 radical (unpaired) electrons. The molecule has 3 aromatic carbocycles. The minimum absolute atomic E-state index is 0.232. The van der Waals surface area contributed by atoms with Crippen molar-refractivity contribution in [2.75, 3.05) is 0 Å². The second-order valence-electron chi connectivity index (χ2n) is 7.75. The van der Waals surface area contributed by atoms with E-state index < -0.39 is 11.7 Å². The van der Waals surface area contributed by atoms with Crippen LogP contribution in [0.3, 0.4) is 0 Å². The molecule has 2 heterocycles. The van der Waals surface area contributed by atoms with Crippen molar-refractivity contribution >= 4 is 33.7 Å². The predicted octanol–water partition coefficient (Wildman–Crippen LogP) is 6.49. The van der Waals surface area contributed by atoms with Gasteiger partial charge in [0, 0.05) is 16.7 Å². The number of nitrogens with one attached hydrogen (secondary N) is 1. The van der Waals surface area contributed by atoms with E-state index in [0.29, 0.717) is 27.4 Å². The van der Waals surface area contributed by atoms with Crippen molar-refractivity contribution in [1.29, 1.82) is 0 Å². The van der Waals surface area contributed by atoms with E-state index in [1.54, 1.807) is 6.07 Å². The highest BCUT2D eigenvalue weighted by Gasteiger charge is 2.30. The van der Waals surface area contributed by atoms with Crippen molar-refractivity contribution in [3.63, 3.8) is 0 Å². The van der Waals surface area contributed by atoms with Crippen molar-refractivity contribution in [3.05, 3.63) is 99.8 Å². The lowest BCUT2D eigenvalue weighted by Crippen LogP contribution is -2.21. The van der Waals surface area contributed by atoms with Gasteiger partial charge in [-0.2, -0.15) is 13.2 Å². The number of thioether (sulfide) groups is 1. The lowest BCUT2D eigenvalue weighted by molar-refractivity contribution is -0.137. The first-order chi connectivity index (χ1) is 15.8. The minimum Gasteiger partial charge on any atom is -0.349 e. The second-order valence-corrected chi connectivity index (χ2v) is 8.69. The standard InChI is InChI=1S/C25H18F3N3OS/c1-15-9-11-18(12-10-15)31-23(32)22-21(19-7-2-3-8-20(19)29-22)30-24(31)33-14-16-5-4-6-17(13-16)25(26,27)28/h2-13,29H,14H2,1H3. The summed E-state index contributed by atoms with van der Waals surface area (Å²) < 4.78 is 40.9. The lowest BCUT2D eigenvalue weighted by atomic mass is 10.1. The third-order valence-electron chi connectivity index (χ3n) is 5.41. The number of hydrogen-bond acceptors (Lipinski definition) is 3. The molecule has 0 unspecified atom stereocenters. The Balaban J connectivity index is 1.64. The molecular weight excluding hydrogens is 447 g/mol. The van der Waals surface area contributed by atoms with Gasteiger partial charge in [-0.05, 0) is 36.8 Å². The number of para-hydroxylation sites is 1. The molecule has 0 aliphatic rings. The second kappa shape index (κ2) is 8.12. The van der Waals surface area contributed by atoms with Crippen LogP contribution in [0.2, 0.25) is 0 Å². The molecule has 33 heavy (non-hydrogen) atoms. The van der Waals surface area contributed by atoms with E-state index in [-0.39, 0.29) is 11.3 Å². The number of fused-ring (bicyclic) bond motifs is 3. The number of halogens is 3. The Hall–Kier alpha value is -3.52. The van der Waals surface area contributed by atoms with E-state index in [9.17, 15) is 18.0 Å². The zero-order valence-corrected chi connectivity index (χ0v) is 18.3. The van der Waals surface area contributed by atoms with Crippen LogP contribution in [0.4, 0.5) is 13.2 Å². The van der Waals surface area contributed by atoms with Gasteiger partial charge < -0.3 is 4.98 Å².